The summed E-state index contributed by atoms with van der Waals surface area (Å²) in [6, 6.07) is 4.41. The number of rotatable bonds is 4. The first kappa shape index (κ1) is 13.1. The lowest BCUT2D eigenvalue weighted by Crippen LogP contribution is -2.24. The van der Waals surface area contributed by atoms with Gasteiger partial charge in [0.05, 0.1) is 22.2 Å². The average Bonchev–Trinajstić information content (AvgIpc) is 2.38. The summed E-state index contributed by atoms with van der Waals surface area (Å²) >= 11 is 6.00. The molecule has 1 aliphatic rings. The Morgan fingerprint density at radius 3 is 3.06 bits per heavy atom. The zero-order chi connectivity index (χ0) is 13.0. The first-order chi connectivity index (χ1) is 8.66. The first-order valence-corrected chi connectivity index (χ1v) is 6.30. The summed E-state index contributed by atoms with van der Waals surface area (Å²) in [7, 11) is 0. The second-order valence-corrected chi connectivity index (χ2v) is 4.79. The predicted molar refractivity (Wildman–Crippen MR) is 70.1 cm³/mol. The Balaban J connectivity index is 1.99. The summed E-state index contributed by atoms with van der Waals surface area (Å²) in [6.45, 7) is 2.29. The Kier molecular flexibility index (Phi) is 4.38. The molecule has 5 nitrogen and oxygen atoms in total. The van der Waals surface area contributed by atoms with Crippen molar-refractivity contribution < 1.29 is 9.66 Å². The number of anilines is 1. The quantitative estimate of drug-likeness (QED) is 0.674. The van der Waals surface area contributed by atoms with E-state index in [1.165, 1.54) is 12.1 Å². The van der Waals surface area contributed by atoms with Crippen molar-refractivity contribution in [3.8, 4) is 0 Å². The molecular weight excluding hydrogens is 256 g/mol. The highest BCUT2D eigenvalue weighted by Gasteiger charge is 2.15. The van der Waals surface area contributed by atoms with Gasteiger partial charge >= 0.3 is 0 Å². The van der Waals surface area contributed by atoms with Crippen molar-refractivity contribution in [3.63, 3.8) is 0 Å². The minimum Gasteiger partial charge on any atom is -0.383 e. The molecule has 1 aliphatic heterocycles. The Labute approximate surface area is 110 Å². The van der Waals surface area contributed by atoms with Crippen LogP contribution in [0.3, 0.4) is 0 Å². The van der Waals surface area contributed by atoms with E-state index in [9.17, 15) is 10.1 Å². The third-order valence-electron chi connectivity index (χ3n) is 3.00. The van der Waals surface area contributed by atoms with Crippen LogP contribution < -0.4 is 5.32 Å². The Morgan fingerprint density at radius 1 is 1.56 bits per heavy atom. The molecule has 1 atom stereocenters. The molecule has 0 spiro atoms. The fourth-order valence-electron chi connectivity index (χ4n) is 1.98. The van der Waals surface area contributed by atoms with Crippen LogP contribution in [-0.4, -0.2) is 24.7 Å². The molecule has 1 unspecified atom stereocenters. The fourth-order valence-corrected chi connectivity index (χ4v) is 2.17. The van der Waals surface area contributed by atoms with E-state index in [4.69, 9.17) is 16.3 Å². The summed E-state index contributed by atoms with van der Waals surface area (Å²) in [4.78, 5) is 10.3. The number of halogens is 1. The van der Waals surface area contributed by atoms with Gasteiger partial charge < -0.3 is 10.1 Å². The predicted octanol–water partition coefficient (Wildman–Crippen LogP) is 3.09. The fraction of sp³-hybridized carbons (Fsp3) is 0.500. The number of nitrogens with one attached hydrogen (secondary N) is 1. The minimum atomic E-state index is -0.425. The summed E-state index contributed by atoms with van der Waals surface area (Å²) in [5, 5.41) is 14.3. The lowest BCUT2D eigenvalue weighted by Gasteiger charge is -2.22. The molecule has 0 amide bonds. The van der Waals surface area contributed by atoms with Crippen molar-refractivity contribution in [1.29, 1.82) is 0 Å². The van der Waals surface area contributed by atoms with Gasteiger partial charge in [0.15, 0.2) is 0 Å². The maximum atomic E-state index is 10.7. The van der Waals surface area contributed by atoms with Crippen LogP contribution in [-0.2, 0) is 4.74 Å². The van der Waals surface area contributed by atoms with E-state index in [1.807, 2.05) is 0 Å². The van der Waals surface area contributed by atoms with Gasteiger partial charge in [-0.3, -0.25) is 10.1 Å². The van der Waals surface area contributed by atoms with E-state index in [2.05, 4.69) is 5.32 Å². The highest BCUT2D eigenvalue weighted by molar-refractivity contribution is 6.33. The van der Waals surface area contributed by atoms with Crippen molar-refractivity contribution in [2.45, 2.75) is 12.8 Å². The van der Waals surface area contributed by atoms with Crippen molar-refractivity contribution in [2.24, 2.45) is 5.92 Å². The summed E-state index contributed by atoms with van der Waals surface area (Å²) in [5.74, 6) is 0.439. The van der Waals surface area contributed by atoms with Crippen LogP contribution in [0.5, 0.6) is 0 Å². The molecule has 18 heavy (non-hydrogen) atoms. The smallest absolute Gasteiger partial charge is 0.271 e. The van der Waals surface area contributed by atoms with Crippen LogP contribution in [0.1, 0.15) is 12.8 Å². The molecule has 1 heterocycles. The van der Waals surface area contributed by atoms with Crippen molar-refractivity contribution >= 4 is 23.0 Å². The van der Waals surface area contributed by atoms with Gasteiger partial charge in [-0.25, -0.2) is 0 Å². The van der Waals surface area contributed by atoms with E-state index in [1.54, 1.807) is 6.07 Å². The zero-order valence-electron chi connectivity index (χ0n) is 9.89. The van der Waals surface area contributed by atoms with Crippen LogP contribution in [0.2, 0.25) is 5.02 Å². The molecule has 0 aromatic heterocycles. The highest BCUT2D eigenvalue weighted by atomic mass is 35.5. The molecule has 1 aromatic carbocycles. The highest BCUT2D eigenvalue weighted by Crippen LogP contribution is 2.27. The average molecular weight is 271 g/mol. The van der Waals surface area contributed by atoms with E-state index in [-0.39, 0.29) is 5.69 Å². The van der Waals surface area contributed by atoms with E-state index >= 15 is 0 Å². The van der Waals surface area contributed by atoms with Gasteiger partial charge in [-0.05, 0) is 24.8 Å². The van der Waals surface area contributed by atoms with Gasteiger partial charge in [-0.2, -0.15) is 0 Å². The van der Waals surface area contributed by atoms with Gasteiger partial charge in [0.1, 0.15) is 0 Å². The number of nitrogens with zero attached hydrogens (tertiary/aromatic N) is 1. The molecule has 0 bridgehead atoms. The van der Waals surface area contributed by atoms with Crippen LogP contribution in [0.25, 0.3) is 0 Å². The largest absolute Gasteiger partial charge is 0.383 e. The first-order valence-electron chi connectivity index (χ1n) is 5.92. The molecule has 1 saturated heterocycles. The molecular formula is C12H15ClN2O3. The molecule has 98 valence electrons. The molecule has 0 saturated carbocycles. The number of hydrogen-bond acceptors (Lipinski definition) is 4. The third-order valence-corrected chi connectivity index (χ3v) is 3.33. The molecule has 1 aromatic rings. The molecule has 1 fully saturated rings. The van der Waals surface area contributed by atoms with Crippen LogP contribution in [0, 0.1) is 16.0 Å². The van der Waals surface area contributed by atoms with E-state index in [0.717, 1.165) is 32.6 Å². The van der Waals surface area contributed by atoms with Crippen molar-refractivity contribution in [3.05, 3.63) is 33.3 Å². The maximum Gasteiger partial charge on any atom is 0.271 e. The lowest BCUT2D eigenvalue weighted by atomic mass is 10.0. The number of nitro benzene ring substituents is 1. The number of ether oxygens (including phenoxy) is 1. The van der Waals surface area contributed by atoms with Gasteiger partial charge in [0, 0.05) is 25.3 Å². The molecule has 2 rings (SSSR count). The van der Waals surface area contributed by atoms with Gasteiger partial charge in [-0.1, -0.05) is 11.6 Å². The van der Waals surface area contributed by atoms with Gasteiger partial charge in [-0.15, -0.1) is 0 Å². The van der Waals surface area contributed by atoms with Crippen LogP contribution in [0.4, 0.5) is 11.4 Å². The Hall–Kier alpha value is -1.33. The Morgan fingerprint density at radius 2 is 2.39 bits per heavy atom. The maximum absolute atomic E-state index is 10.7. The SMILES string of the molecule is O=[N+]([O-])c1ccc(Cl)c(NCC2CCCOC2)c1. The summed E-state index contributed by atoms with van der Waals surface area (Å²) in [6.07, 6.45) is 2.18. The van der Waals surface area contributed by atoms with E-state index in [0.29, 0.717) is 16.6 Å². The number of nitro groups is 1. The lowest BCUT2D eigenvalue weighted by molar-refractivity contribution is -0.384. The standard InChI is InChI=1S/C12H15ClN2O3/c13-11-4-3-10(15(16)17)6-12(11)14-7-9-2-1-5-18-8-9/h3-4,6,9,14H,1-2,5,7-8H2. The topological polar surface area (TPSA) is 64.4 Å². The Bertz CT molecular complexity index is 433. The zero-order valence-corrected chi connectivity index (χ0v) is 10.7. The minimum absolute atomic E-state index is 0.0433. The third kappa shape index (κ3) is 3.34. The van der Waals surface area contributed by atoms with Crippen LogP contribution in [0.15, 0.2) is 18.2 Å². The molecule has 0 radical (unpaired) electrons. The van der Waals surface area contributed by atoms with Gasteiger partial charge in [0.25, 0.3) is 5.69 Å². The molecule has 1 N–H and O–H groups in total. The number of benzene rings is 1. The molecule has 6 heteroatoms. The second-order valence-electron chi connectivity index (χ2n) is 4.39. The summed E-state index contributed by atoms with van der Waals surface area (Å²) < 4.78 is 5.38. The van der Waals surface area contributed by atoms with Crippen LogP contribution >= 0.6 is 11.6 Å². The van der Waals surface area contributed by atoms with Crippen molar-refractivity contribution in [1.82, 2.24) is 0 Å². The summed E-state index contributed by atoms with van der Waals surface area (Å²) in [5.41, 5.74) is 0.651. The normalized spacial score (nSPS) is 19.5. The number of hydrogen-bond donors (Lipinski definition) is 1. The van der Waals surface area contributed by atoms with Crippen molar-refractivity contribution in [2.75, 3.05) is 25.1 Å². The van der Waals surface area contributed by atoms with Gasteiger partial charge in [0.2, 0.25) is 0 Å². The number of non-ortho nitro benzene ring substituents is 1. The van der Waals surface area contributed by atoms with E-state index < -0.39 is 4.92 Å². The monoisotopic (exact) mass is 270 g/mol. The molecule has 0 aliphatic carbocycles. The second kappa shape index (κ2) is 6.02.